The predicted octanol–water partition coefficient (Wildman–Crippen LogP) is 3.78. The fourth-order valence-electron chi connectivity index (χ4n) is 2.80. The monoisotopic (exact) mass is 249 g/mol. The molecule has 0 aliphatic heterocycles. The highest BCUT2D eigenvalue weighted by molar-refractivity contribution is 5.19. The number of nitrogens with one attached hydrogen (secondary N) is 1. The largest absolute Gasteiger partial charge is 0.316 e. The molecule has 1 atom stereocenters. The van der Waals surface area contributed by atoms with E-state index >= 15 is 0 Å². The molecule has 1 aliphatic rings. The van der Waals surface area contributed by atoms with Crippen molar-refractivity contribution in [2.45, 2.75) is 39.5 Å². The van der Waals surface area contributed by atoms with Gasteiger partial charge in [0.25, 0.3) is 0 Å². The maximum absolute atomic E-state index is 13.3. The Morgan fingerprint density at radius 1 is 1.39 bits per heavy atom. The zero-order chi connectivity index (χ0) is 13.0. The van der Waals surface area contributed by atoms with Crippen molar-refractivity contribution in [3.8, 4) is 0 Å². The van der Waals surface area contributed by atoms with Gasteiger partial charge >= 0.3 is 0 Å². The molecule has 0 spiro atoms. The maximum Gasteiger partial charge on any atom is 0.123 e. The molecule has 1 aromatic rings. The Bertz CT molecular complexity index is 386. The fourth-order valence-corrected chi connectivity index (χ4v) is 2.80. The van der Waals surface area contributed by atoms with Gasteiger partial charge in [-0.3, -0.25) is 0 Å². The van der Waals surface area contributed by atoms with Gasteiger partial charge in [-0.2, -0.15) is 0 Å². The summed E-state index contributed by atoms with van der Waals surface area (Å²) in [5.74, 6) is 0.692. The molecule has 100 valence electrons. The van der Waals surface area contributed by atoms with Gasteiger partial charge in [0.15, 0.2) is 0 Å². The Kier molecular flexibility index (Phi) is 4.39. The predicted molar refractivity (Wildman–Crippen MR) is 74.1 cm³/mol. The second-order valence-electron chi connectivity index (χ2n) is 5.91. The Hall–Kier alpha value is -0.890. The highest BCUT2D eigenvalue weighted by Crippen LogP contribution is 2.47. The summed E-state index contributed by atoms with van der Waals surface area (Å²) in [5, 5.41) is 3.54. The molecular formula is C16H24FN. The third-order valence-electron chi connectivity index (χ3n) is 4.02. The highest BCUT2D eigenvalue weighted by atomic mass is 19.1. The Balaban J connectivity index is 2.01. The third-order valence-corrected chi connectivity index (χ3v) is 4.02. The van der Waals surface area contributed by atoms with Crippen LogP contribution in [0.5, 0.6) is 0 Å². The van der Waals surface area contributed by atoms with Crippen LogP contribution in [-0.2, 0) is 6.42 Å². The van der Waals surface area contributed by atoms with Crippen molar-refractivity contribution in [2.24, 2.45) is 11.3 Å². The van der Waals surface area contributed by atoms with Crippen molar-refractivity contribution < 1.29 is 4.39 Å². The molecule has 0 saturated heterocycles. The fraction of sp³-hybridized carbons (Fsp3) is 0.625. The minimum atomic E-state index is -0.118. The number of hydrogen-bond acceptors (Lipinski definition) is 1. The van der Waals surface area contributed by atoms with Crippen LogP contribution in [0.2, 0.25) is 0 Å². The lowest BCUT2D eigenvalue weighted by molar-refractivity contribution is 0.256. The first-order chi connectivity index (χ1) is 8.64. The molecule has 1 nitrogen and oxygen atoms in total. The lowest BCUT2D eigenvalue weighted by atomic mass is 9.79. The number of hydrogen-bond donors (Lipinski definition) is 1. The van der Waals surface area contributed by atoms with E-state index in [1.54, 1.807) is 6.07 Å². The molecule has 0 heterocycles. The molecule has 1 fully saturated rings. The zero-order valence-corrected chi connectivity index (χ0v) is 11.5. The van der Waals surface area contributed by atoms with E-state index in [1.165, 1.54) is 25.3 Å². The molecule has 18 heavy (non-hydrogen) atoms. The first-order valence-corrected chi connectivity index (χ1v) is 7.09. The smallest absolute Gasteiger partial charge is 0.123 e. The quantitative estimate of drug-likeness (QED) is 0.725. The molecule has 0 amide bonds. The molecule has 1 aliphatic carbocycles. The molecule has 1 N–H and O–H groups in total. The number of benzene rings is 1. The van der Waals surface area contributed by atoms with Crippen LogP contribution in [-0.4, -0.2) is 13.1 Å². The molecule has 1 unspecified atom stereocenters. The summed E-state index contributed by atoms with van der Waals surface area (Å²) in [6.45, 7) is 6.65. The van der Waals surface area contributed by atoms with E-state index in [4.69, 9.17) is 0 Å². The van der Waals surface area contributed by atoms with E-state index in [0.29, 0.717) is 0 Å². The molecule has 0 aromatic heterocycles. The van der Waals surface area contributed by atoms with Crippen LogP contribution in [0.1, 0.15) is 38.7 Å². The standard InChI is InChI=1S/C16H24FN/c1-3-9-18-12-16(2,14-7-8-14)11-13-5-4-6-15(17)10-13/h4-6,10,14,18H,3,7-9,11-12H2,1-2H3. The first-order valence-electron chi connectivity index (χ1n) is 7.09. The summed E-state index contributed by atoms with van der Waals surface area (Å²) in [5.41, 5.74) is 1.41. The van der Waals surface area contributed by atoms with Crippen molar-refractivity contribution in [3.63, 3.8) is 0 Å². The summed E-state index contributed by atoms with van der Waals surface area (Å²) >= 11 is 0. The molecule has 1 aromatic carbocycles. The maximum atomic E-state index is 13.3. The van der Waals surface area contributed by atoms with Gasteiger partial charge in [-0.05, 0) is 61.3 Å². The van der Waals surface area contributed by atoms with Crippen LogP contribution in [0.3, 0.4) is 0 Å². The van der Waals surface area contributed by atoms with Gasteiger partial charge in [0.2, 0.25) is 0 Å². The van der Waals surface area contributed by atoms with Crippen molar-refractivity contribution >= 4 is 0 Å². The molecule has 0 bridgehead atoms. The second-order valence-corrected chi connectivity index (χ2v) is 5.91. The molecule has 2 rings (SSSR count). The van der Waals surface area contributed by atoms with E-state index in [-0.39, 0.29) is 11.2 Å². The number of rotatable bonds is 7. The van der Waals surface area contributed by atoms with Crippen LogP contribution in [0.4, 0.5) is 4.39 Å². The lowest BCUT2D eigenvalue weighted by Crippen LogP contribution is -2.36. The van der Waals surface area contributed by atoms with E-state index in [0.717, 1.165) is 31.0 Å². The summed E-state index contributed by atoms with van der Waals surface area (Å²) in [6, 6.07) is 7.06. The van der Waals surface area contributed by atoms with Crippen molar-refractivity contribution in [1.82, 2.24) is 5.32 Å². The SMILES string of the molecule is CCCNCC(C)(Cc1cccc(F)c1)C1CC1. The summed E-state index contributed by atoms with van der Waals surface area (Å²) in [6.07, 6.45) is 4.81. The van der Waals surface area contributed by atoms with E-state index in [9.17, 15) is 4.39 Å². The lowest BCUT2D eigenvalue weighted by Gasteiger charge is -2.30. The molecule has 0 radical (unpaired) electrons. The third kappa shape index (κ3) is 3.55. The van der Waals surface area contributed by atoms with Crippen LogP contribution in [0, 0.1) is 17.2 Å². The number of halogens is 1. The van der Waals surface area contributed by atoms with Crippen LogP contribution >= 0.6 is 0 Å². The normalized spacial score (nSPS) is 18.6. The average molecular weight is 249 g/mol. The summed E-state index contributed by atoms with van der Waals surface area (Å²) < 4.78 is 13.3. The Morgan fingerprint density at radius 3 is 2.78 bits per heavy atom. The Morgan fingerprint density at radius 2 is 2.17 bits per heavy atom. The minimum absolute atomic E-state index is 0.118. The van der Waals surface area contributed by atoms with Gasteiger partial charge in [-0.1, -0.05) is 26.0 Å². The summed E-state index contributed by atoms with van der Waals surface area (Å²) in [4.78, 5) is 0. The van der Waals surface area contributed by atoms with Gasteiger partial charge in [-0.15, -0.1) is 0 Å². The average Bonchev–Trinajstić information content (AvgIpc) is 3.13. The van der Waals surface area contributed by atoms with Gasteiger partial charge in [0, 0.05) is 6.54 Å². The van der Waals surface area contributed by atoms with E-state index in [1.807, 2.05) is 12.1 Å². The highest BCUT2D eigenvalue weighted by Gasteiger charge is 2.40. The molecule has 2 heteroatoms. The van der Waals surface area contributed by atoms with Crippen LogP contribution in [0.15, 0.2) is 24.3 Å². The molecular weight excluding hydrogens is 225 g/mol. The van der Waals surface area contributed by atoms with Gasteiger partial charge in [0.05, 0.1) is 0 Å². The van der Waals surface area contributed by atoms with Crippen LogP contribution < -0.4 is 5.32 Å². The van der Waals surface area contributed by atoms with E-state index in [2.05, 4.69) is 19.2 Å². The molecule has 1 saturated carbocycles. The summed E-state index contributed by atoms with van der Waals surface area (Å²) in [7, 11) is 0. The van der Waals surface area contributed by atoms with Gasteiger partial charge < -0.3 is 5.32 Å². The van der Waals surface area contributed by atoms with Crippen molar-refractivity contribution in [1.29, 1.82) is 0 Å². The van der Waals surface area contributed by atoms with Crippen molar-refractivity contribution in [2.75, 3.05) is 13.1 Å². The topological polar surface area (TPSA) is 12.0 Å². The second kappa shape index (κ2) is 5.83. The van der Waals surface area contributed by atoms with E-state index < -0.39 is 0 Å². The van der Waals surface area contributed by atoms with Gasteiger partial charge in [-0.25, -0.2) is 4.39 Å². The first kappa shape index (κ1) is 13.5. The minimum Gasteiger partial charge on any atom is -0.316 e. The zero-order valence-electron chi connectivity index (χ0n) is 11.5. The van der Waals surface area contributed by atoms with Crippen molar-refractivity contribution in [3.05, 3.63) is 35.6 Å². The van der Waals surface area contributed by atoms with Crippen LogP contribution in [0.25, 0.3) is 0 Å². The Labute approximate surface area is 110 Å². The van der Waals surface area contributed by atoms with Gasteiger partial charge in [0.1, 0.15) is 5.82 Å².